The molecule has 1 aromatic heterocycles. The zero-order chi connectivity index (χ0) is 19.1. The Balaban J connectivity index is 1.46. The van der Waals surface area contributed by atoms with Crippen molar-refractivity contribution in [3.63, 3.8) is 0 Å². The lowest BCUT2D eigenvalue weighted by atomic mass is 10.2. The van der Waals surface area contributed by atoms with Crippen LogP contribution in [0.4, 0.5) is 5.82 Å². The van der Waals surface area contributed by atoms with E-state index in [0.717, 1.165) is 24.5 Å². The number of carbonyl (C=O) groups excluding carboxylic acids is 1. The molecule has 1 aromatic carbocycles. The number of hydrogen-bond donors (Lipinski definition) is 1. The van der Waals surface area contributed by atoms with Gasteiger partial charge in [-0.1, -0.05) is 29.8 Å². The van der Waals surface area contributed by atoms with E-state index in [2.05, 4.69) is 20.2 Å². The molecule has 27 heavy (non-hydrogen) atoms. The summed E-state index contributed by atoms with van der Waals surface area (Å²) in [5, 5.41) is 3.39. The molecule has 1 fully saturated rings. The normalized spacial score (nSPS) is 13.9. The molecule has 1 N–H and O–H groups in total. The first-order chi connectivity index (χ1) is 13.1. The Morgan fingerprint density at radius 2 is 2.07 bits per heavy atom. The second-order valence-corrected chi connectivity index (χ2v) is 6.71. The maximum absolute atomic E-state index is 11.9. The summed E-state index contributed by atoms with van der Waals surface area (Å²) in [5.74, 6) is 1.92. The van der Waals surface area contributed by atoms with Crippen LogP contribution in [-0.4, -0.2) is 42.1 Å². The van der Waals surface area contributed by atoms with E-state index in [1.54, 1.807) is 12.1 Å². The third-order valence-electron chi connectivity index (χ3n) is 4.20. The molecule has 1 aliphatic heterocycles. The second-order valence-electron chi connectivity index (χ2n) is 6.30. The molecule has 0 spiro atoms. The fraction of sp³-hybridized carbons (Fsp3) is 0.350. The summed E-state index contributed by atoms with van der Waals surface area (Å²) in [6, 6.07) is 9.22. The van der Waals surface area contributed by atoms with Crippen molar-refractivity contribution in [2.45, 2.75) is 19.8 Å². The van der Waals surface area contributed by atoms with Crippen LogP contribution in [0.2, 0.25) is 5.02 Å². The van der Waals surface area contributed by atoms with Crippen LogP contribution in [0.1, 0.15) is 24.2 Å². The molecule has 6 nitrogen and oxygen atoms in total. The summed E-state index contributed by atoms with van der Waals surface area (Å²) in [6.45, 7) is 4.61. The molecular weight excluding hydrogens is 364 g/mol. The van der Waals surface area contributed by atoms with Crippen molar-refractivity contribution in [3.05, 3.63) is 52.8 Å². The van der Waals surface area contributed by atoms with E-state index in [-0.39, 0.29) is 5.91 Å². The van der Waals surface area contributed by atoms with Gasteiger partial charge in [0.25, 0.3) is 0 Å². The van der Waals surface area contributed by atoms with Gasteiger partial charge in [0.2, 0.25) is 11.8 Å². The maximum Gasteiger partial charge on any atom is 0.244 e. The van der Waals surface area contributed by atoms with Gasteiger partial charge in [-0.25, -0.2) is 4.98 Å². The summed E-state index contributed by atoms with van der Waals surface area (Å²) >= 11 is 6.06. The summed E-state index contributed by atoms with van der Waals surface area (Å²) in [4.78, 5) is 22.9. The zero-order valence-electron chi connectivity index (χ0n) is 15.3. The number of amides is 1. The minimum Gasteiger partial charge on any atom is -0.476 e. The third kappa shape index (κ3) is 5.69. The molecule has 0 atom stereocenters. The number of ether oxygens (including phenoxy) is 1. The topological polar surface area (TPSA) is 67.3 Å². The Morgan fingerprint density at radius 3 is 2.85 bits per heavy atom. The van der Waals surface area contributed by atoms with Gasteiger partial charge in [0.05, 0.1) is 6.54 Å². The SMILES string of the molecule is Cc1nc(OCCNC(=O)C=Cc2ccccc2Cl)cc(N2CCCC2)n1. The van der Waals surface area contributed by atoms with Crippen LogP contribution in [0, 0.1) is 6.92 Å². The van der Waals surface area contributed by atoms with Crippen molar-refractivity contribution in [2.24, 2.45) is 0 Å². The Morgan fingerprint density at radius 1 is 1.30 bits per heavy atom. The van der Waals surface area contributed by atoms with Crippen molar-refractivity contribution in [2.75, 3.05) is 31.1 Å². The number of hydrogen-bond acceptors (Lipinski definition) is 5. The smallest absolute Gasteiger partial charge is 0.244 e. The van der Waals surface area contributed by atoms with E-state index >= 15 is 0 Å². The number of aryl methyl sites for hydroxylation is 1. The van der Waals surface area contributed by atoms with Crippen LogP contribution in [0.3, 0.4) is 0 Å². The van der Waals surface area contributed by atoms with Gasteiger partial charge in [0, 0.05) is 30.3 Å². The van der Waals surface area contributed by atoms with Crippen LogP contribution >= 0.6 is 11.6 Å². The lowest BCUT2D eigenvalue weighted by molar-refractivity contribution is -0.116. The van der Waals surface area contributed by atoms with Crippen LogP contribution in [0.25, 0.3) is 6.08 Å². The summed E-state index contributed by atoms with van der Waals surface area (Å²) < 4.78 is 5.68. The first-order valence-corrected chi connectivity index (χ1v) is 9.43. The van der Waals surface area contributed by atoms with Crippen molar-refractivity contribution in [1.82, 2.24) is 15.3 Å². The van der Waals surface area contributed by atoms with Crippen molar-refractivity contribution < 1.29 is 9.53 Å². The number of carbonyl (C=O) groups is 1. The molecule has 2 heterocycles. The van der Waals surface area contributed by atoms with Crippen molar-refractivity contribution >= 4 is 29.4 Å². The van der Waals surface area contributed by atoms with Crippen molar-refractivity contribution in [3.8, 4) is 5.88 Å². The van der Waals surface area contributed by atoms with Gasteiger partial charge in [-0.15, -0.1) is 0 Å². The molecule has 0 unspecified atom stereocenters. The standard InChI is InChI=1S/C20H23ClN4O2/c1-15-23-18(25-11-4-5-12-25)14-20(24-15)27-13-10-22-19(26)9-8-16-6-2-3-7-17(16)21/h2-3,6-9,14H,4-5,10-13H2,1H3,(H,22,26). The van der Waals surface area contributed by atoms with E-state index in [1.165, 1.54) is 18.9 Å². The van der Waals surface area contributed by atoms with Crippen LogP contribution in [-0.2, 0) is 4.79 Å². The van der Waals surface area contributed by atoms with Gasteiger partial charge < -0.3 is 15.0 Å². The monoisotopic (exact) mass is 386 g/mol. The largest absolute Gasteiger partial charge is 0.476 e. The van der Waals surface area contributed by atoms with Gasteiger partial charge in [-0.3, -0.25) is 4.79 Å². The Bertz CT molecular complexity index is 819. The van der Waals surface area contributed by atoms with E-state index in [0.29, 0.717) is 29.9 Å². The second kappa shape index (κ2) is 9.37. The summed E-state index contributed by atoms with van der Waals surface area (Å²) in [7, 11) is 0. The minimum atomic E-state index is -0.199. The Hall–Kier alpha value is -2.60. The maximum atomic E-state index is 11.9. The highest BCUT2D eigenvalue weighted by Crippen LogP contribution is 2.21. The molecule has 0 saturated carbocycles. The molecule has 2 aromatic rings. The van der Waals surface area contributed by atoms with Gasteiger partial charge >= 0.3 is 0 Å². The van der Waals surface area contributed by atoms with E-state index < -0.39 is 0 Å². The zero-order valence-corrected chi connectivity index (χ0v) is 16.1. The van der Waals surface area contributed by atoms with Gasteiger partial charge in [0.15, 0.2) is 0 Å². The first-order valence-electron chi connectivity index (χ1n) is 9.06. The average molecular weight is 387 g/mol. The fourth-order valence-electron chi connectivity index (χ4n) is 2.87. The summed E-state index contributed by atoms with van der Waals surface area (Å²) in [5.41, 5.74) is 0.802. The van der Waals surface area contributed by atoms with Crippen molar-refractivity contribution in [1.29, 1.82) is 0 Å². The Kier molecular flexibility index (Phi) is 6.65. The number of nitrogens with one attached hydrogen (secondary N) is 1. The van der Waals surface area contributed by atoms with Crippen LogP contribution in [0.15, 0.2) is 36.4 Å². The number of benzene rings is 1. The lowest BCUT2D eigenvalue weighted by Crippen LogP contribution is -2.26. The van der Waals surface area contributed by atoms with Crippen LogP contribution in [0.5, 0.6) is 5.88 Å². The molecule has 3 rings (SSSR count). The molecule has 1 saturated heterocycles. The number of rotatable bonds is 7. The lowest BCUT2D eigenvalue weighted by Gasteiger charge is -2.17. The molecule has 1 aliphatic rings. The number of nitrogens with zero attached hydrogens (tertiary/aromatic N) is 3. The molecule has 7 heteroatoms. The van der Waals surface area contributed by atoms with E-state index in [9.17, 15) is 4.79 Å². The van der Waals surface area contributed by atoms with E-state index in [1.807, 2.05) is 31.2 Å². The third-order valence-corrected chi connectivity index (χ3v) is 4.55. The Labute approximate surface area is 164 Å². The summed E-state index contributed by atoms with van der Waals surface area (Å²) in [6.07, 6.45) is 5.52. The van der Waals surface area contributed by atoms with Gasteiger partial charge in [-0.05, 0) is 37.5 Å². The molecule has 142 valence electrons. The predicted octanol–water partition coefficient (Wildman–Crippen LogP) is 3.25. The highest BCUT2D eigenvalue weighted by Gasteiger charge is 2.15. The minimum absolute atomic E-state index is 0.199. The van der Waals surface area contributed by atoms with E-state index in [4.69, 9.17) is 16.3 Å². The number of halogens is 1. The molecular formula is C20H23ClN4O2. The molecule has 0 radical (unpaired) electrons. The van der Waals surface area contributed by atoms with Crippen LogP contribution < -0.4 is 15.0 Å². The highest BCUT2D eigenvalue weighted by atomic mass is 35.5. The number of anilines is 1. The number of aromatic nitrogens is 2. The molecule has 0 aliphatic carbocycles. The highest BCUT2D eigenvalue weighted by molar-refractivity contribution is 6.32. The molecule has 0 bridgehead atoms. The van der Waals surface area contributed by atoms with Gasteiger partial charge in [0.1, 0.15) is 18.2 Å². The molecule has 1 amide bonds. The average Bonchev–Trinajstić information content (AvgIpc) is 3.19. The quantitative estimate of drug-likeness (QED) is 0.584. The first kappa shape index (κ1) is 19.2. The fourth-order valence-corrected chi connectivity index (χ4v) is 3.07. The predicted molar refractivity (Wildman–Crippen MR) is 107 cm³/mol. The van der Waals surface area contributed by atoms with Gasteiger partial charge in [-0.2, -0.15) is 4.98 Å².